The molecule has 0 saturated carbocycles. The fourth-order valence-corrected chi connectivity index (χ4v) is 2.77. The summed E-state index contributed by atoms with van der Waals surface area (Å²) in [5.41, 5.74) is 4.66. The molecule has 4 aromatic rings. The Morgan fingerprint density at radius 2 is 1.92 bits per heavy atom. The molecule has 0 aliphatic heterocycles. The number of amides is 1. The highest BCUT2D eigenvalue weighted by Crippen LogP contribution is 2.29. The molecule has 6 nitrogen and oxygen atoms in total. The van der Waals surface area contributed by atoms with E-state index in [-0.39, 0.29) is 5.91 Å². The fourth-order valence-electron chi connectivity index (χ4n) is 2.77. The number of nitrogens with one attached hydrogen (secondary N) is 1. The molecule has 6 heteroatoms. The summed E-state index contributed by atoms with van der Waals surface area (Å²) in [6, 6.07) is 11.6. The Balaban J connectivity index is 1.72. The smallest absolute Gasteiger partial charge is 0.261 e. The van der Waals surface area contributed by atoms with E-state index in [0.29, 0.717) is 16.9 Å². The molecule has 0 bridgehead atoms. The number of fused-ring (bicyclic) bond motifs is 1. The molecule has 3 heterocycles. The van der Waals surface area contributed by atoms with E-state index in [4.69, 9.17) is 0 Å². The highest BCUT2D eigenvalue weighted by molar-refractivity contribution is 6.09. The standard InChI is InChI=1S/C19H15N5O/c1-13-5-2-3-6-14(13)15-11-20-9-7-17(15)23-19(25)16-12-22-24-10-4-8-21-18(16)24/h2-12H,1H3,(H,20,23,25). The van der Waals surface area contributed by atoms with Gasteiger partial charge in [0.1, 0.15) is 5.56 Å². The average molecular weight is 329 g/mol. The van der Waals surface area contributed by atoms with Crippen LogP contribution in [0.1, 0.15) is 15.9 Å². The summed E-state index contributed by atoms with van der Waals surface area (Å²) in [5.74, 6) is -0.255. The van der Waals surface area contributed by atoms with E-state index < -0.39 is 0 Å². The van der Waals surface area contributed by atoms with Crippen molar-refractivity contribution in [2.45, 2.75) is 6.92 Å². The number of carbonyl (C=O) groups excluding carboxylic acids is 1. The largest absolute Gasteiger partial charge is 0.321 e. The summed E-state index contributed by atoms with van der Waals surface area (Å²) in [4.78, 5) is 21.2. The van der Waals surface area contributed by atoms with Crippen LogP contribution in [0.15, 0.2) is 67.4 Å². The number of hydrogen-bond donors (Lipinski definition) is 1. The topological polar surface area (TPSA) is 72.2 Å². The van der Waals surface area contributed by atoms with Gasteiger partial charge in [-0.25, -0.2) is 9.50 Å². The van der Waals surface area contributed by atoms with E-state index in [1.54, 1.807) is 41.4 Å². The zero-order chi connectivity index (χ0) is 17.2. The van der Waals surface area contributed by atoms with Crippen LogP contribution in [0.3, 0.4) is 0 Å². The van der Waals surface area contributed by atoms with Crippen LogP contribution in [-0.4, -0.2) is 25.5 Å². The highest BCUT2D eigenvalue weighted by atomic mass is 16.1. The van der Waals surface area contributed by atoms with Crippen LogP contribution < -0.4 is 5.32 Å². The quantitative estimate of drug-likeness (QED) is 0.625. The van der Waals surface area contributed by atoms with E-state index in [1.165, 1.54) is 6.20 Å². The van der Waals surface area contributed by atoms with Crippen molar-refractivity contribution in [1.29, 1.82) is 0 Å². The predicted molar refractivity (Wildman–Crippen MR) is 95.4 cm³/mol. The number of anilines is 1. The second kappa shape index (κ2) is 6.16. The molecule has 0 fully saturated rings. The lowest BCUT2D eigenvalue weighted by atomic mass is 10.0. The summed E-state index contributed by atoms with van der Waals surface area (Å²) >= 11 is 0. The van der Waals surface area contributed by atoms with Gasteiger partial charge in [-0.1, -0.05) is 24.3 Å². The van der Waals surface area contributed by atoms with Gasteiger partial charge in [0.2, 0.25) is 0 Å². The third-order valence-corrected chi connectivity index (χ3v) is 4.03. The van der Waals surface area contributed by atoms with Crippen LogP contribution in [-0.2, 0) is 0 Å². The van der Waals surface area contributed by atoms with Crippen molar-refractivity contribution in [1.82, 2.24) is 19.6 Å². The minimum Gasteiger partial charge on any atom is -0.321 e. The molecule has 1 N–H and O–H groups in total. The molecule has 0 radical (unpaired) electrons. The van der Waals surface area contributed by atoms with E-state index in [1.807, 2.05) is 31.2 Å². The number of benzene rings is 1. The van der Waals surface area contributed by atoms with Crippen LogP contribution in [0.25, 0.3) is 16.8 Å². The van der Waals surface area contributed by atoms with Crippen LogP contribution in [0, 0.1) is 6.92 Å². The molecule has 1 amide bonds. The van der Waals surface area contributed by atoms with Crippen LogP contribution in [0.4, 0.5) is 5.69 Å². The van der Waals surface area contributed by atoms with Gasteiger partial charge < -0.3 is 5.32 Å². The maximum Gasteiger partial charge on any atom is 0.261 e. The summed E-state index contributed by atoms with van der Waals surface area (Å²) in [6.45, 7) is 2.03. The average Bonchev–Trinajstić information content (AvgIpc) is 3.07. The molecule has 3 aromatic heterocycles. The molecule has 1 aromatic carbocycles. The number of aryl methyl sites for hydroxylation is 1. The zero-order valence-corrected chi connectivity index (χ0v) is 13.5. The Bertz CT molecular complexity index is 1070. The number of pyridine rings is 1. The maximum atomic E-state index is 12.7. The van der Waals surface area contributed by atoms with Crippen molar-refractivity contribution < 1.29 is 4.79 Å². The van der Waals surface area contributed by atoms with Gasteiger partial charge in [-0.15, -0.1) is 0 Å². The zero-order valence-electron chi connectivity index (χ0n) is 13.5. The molecule has 0 aliphatic carbocycles. The Labute approximate surface area is 144 Å². The molecule has 0 atom stereocenters. The third-order valence-electron chi connectivity index (χ3n) is 4.03. The van der Waals surface area contributed by atoms with Gasteiger partial charge in [-0.3, -0.25) is 9.78 Å². The van der Waals surface area contributed by atoms with Crippen molar-refractivity contribution in [2.75, 3.05) is 5.32 Å². The van der Waals surface area contributed by atoms with Gasteiger partial charge in [-0.05, 0) is 30.2 Å². The lowest BCUT2D eigenvalue weighted by Crippen LogP contribution is -2.13. The summed E-state index contributed by atoms with van der Waals surface area (Å²) < 4.78 is 1.57. The molecule has 122 valence electrons. The Hall–Kier alpha value is -3.54. The predicted octanol–water partition coefficient (Wildman–Crippen LogP) is 3.35. The molecular weight excluding hydrogens is 314 g/mol. The van der Waals surface area contributed by atoms with Crippen molar-refractivity contribution >= 4 is 17.2 Å². The minimum atomic E-state index is -0.255. The number of nitrogens with zero attached hydrogens (tertiary/aromatic N) is 4. The minimum absolute atomic E-state index is 0.255. The highest BCUT2D eigenvalue weighted by Gasteiger charge is 2.16. The van der Waals surface area contributed by atoms with Crippen LogP contribution >= 0.6 is 0 Å². The number of hydrogen-bond acceptors (Lipinski definition) is 4. The summed E-state index contributed by atoms with van der Waals surface area (Å²) in [7, 11) is 0. The van der Waals surface area contributed by atoms with Gasteiger partial charge in [0.15, 0.2) is 5.65 Å². The molecule has 0 unspecified atom stereocenters. The number of aromatic nitrogens is 4. The lowest BCUT2D eigenvalue weighted by Gasteiger charge is -2.12. The lowest BCUT2D eigenvalue weighted by molar-refractivity contribution is 0.102. The van der Waals surface area contributed by atoms with E-state index >= 15 is 0 Å². The molecular formula is C19H15N5O. The molecule has 4 rings (SSSR count). The van der Waals surface area contributed by atoms with Crippen molar-refractivity contribution in [2.24, 2.45) is 0 Å². The SMILES string of the molecule is Cc1ccccc1-c1cnccc1NC(=O)c1cnn2cccnc12. The van der Waals surface area contributed by atoms with Gasteiger partial charge in [0, 0.05) is 30.4 Å². The van der Waals surface area contributed by atoms with Crippen molar-refractivity contribution in [3.63, 3.8) is 0 Å². The Kier molecular flexibility index (Phi) is 3.70. The molecule has 0 saturated heterocycles. The summed E-state index contributed by atoms with van der Waals surface area (Å²) in [5, 5.41) is 7.12. The first-order chi connectivity index (χ1) is 12.2. The van der Waals surface area contributed by atoms with Crippen molar-refractivity contribution in [3.8, 4) is 11.1 Å². The maximum absolute atomic E-state index is 12.7. The normalized spacial score (nSPS) is 10.8. The Morgan fingerprint density at radius 1 is 1.04 bits per heavy atom. The Morgan fingerprint density at radius 3 is 2.80 bits per heavy atom. The van der Waals surface area contributed by atoms with Crippen LogP contribution in [0.5, 0.6) is 0 Å². The third kappa shape index (κ3) is 2.74. The van der Waals surface area contributed by atoms with E-state index in [9.17, 15) is 4.79 Å². The van der Waals surface area contributed by atoms with Crippen LogP contribution in [0.2, 0.25) is 0 Å². The second-order valence-electron chi connectivity index (χ2n) is 5.64. The van der Waals surface area contributed by atoms with E-state index in [2.05, 4.69) is 20.4 Å². The molecule has 0 aliphatic rings. The number of carbonyl (C=O) groups is 1. The first-order valence-electron chi connectivity index (χ1n) is 7.84. The van der Waals surface area contributed by atoms with Gasteiger partial charge in [-0.2, -0.15) is 5.10 Å². The summed E-state index contributed by atoms with van der Waals surface area (Å²) in [6.07, 6.45) is 8.33. The first-order valence-corrected chi connectivity index (χ1v) is 7.84. The second-order valence-corrected chi connectivity index (χ2v) is 5.64. The molecule has 25 heavy (non-hydrogen) atoms. The van der Waals surface area contributed by atoms with Crippen molar-refractivity contribution in [3.05, 3.63) is 78.5 Å². The van der Waals surface area contributed by atoms with E-state index in [0.717, 1.165) is 16.7 Å². The first kappa shape index (κ1) is 15.0. The fraction of sp³-hybridized carbons (Fsp3) is 0.0526. The van der Waals surface area contributed by atoms with Gasteiger partial charge >= 0.3 is 0 Å². The monoisotopic (exact) mass is 329 g/mol. The van der Waals surface area contributed by atoms with Gasteiger partial charge in [0.25, 0.3) is 5.91 Å². The molecule has 0 spiro atoms. The number of rotatable bonds is 3. The van der Waals surface area contributed by atoms with Gasteiger partial charge in [0.05, 0.1) is 11.9 Å².